The van der Waals surface area contributed by atoms with E-state index in [2.05, 4.69) is 29.6 Å². The first-order chi connectivity index (χ1) is 7.83. The van der Waals surface area contributed by atoms with Crippen molar-refractivity contribution >= 4 is 5.69 Å². The van der Waals surface area contributed by atoms with Crippen LogP contribution in [0, 0.1) is 0 Å². The summed E-state index contributed by atoms with van der Waals surface area (Å²) in [5, 5.41) is 12.0. The Bertz CT molecular complexity index is 400. The summed E-state index contributed by atoms with van der Waals surface area (Å²) >= 11 is 0. The highest BCUT2D eigenvalue weighted by Crippen LogP contribution is 2.21. The van der Waals surface area contributed by atoms with E-state index in [4.69, 9.17) is 5.11 Å². The number of hydrogen-bond acceptors (Lipinski definition) is 2. The van der Waals surface area contributed by atoms with Crippen molar-refractivity contribution in [3.05, 3.63) is 54.1 Å². The van der Waals surface area contributed by atoms with Crippen molar-refractivity contribution in [2.45, 2.75) is 6.61 Å². The minimum absolute atomic E-state index is 0.0962. The predicted molar refractivity (Wildman–Crippen MR) is 67.3 cm³/mol. The van der Waals surface area contributed by atoms with Crippen LogP contribution in [0.15, 0.2) is 48.5 Å². The van der Waals surface area contributed by atoms with Crippen molar-refractivity contribution in [2.24, 2.45) is 0 Å². The lowest BCUT2D eigenvalue weighted by Crippen LogP contribution is -1.87. The van der Waals surface area contributed by atoms with Gasteiger partial charge < -0.3 is 10.4 Å². The van der Waals surface area contributed by atoms with Gasteiger partial charge in [-0.3, -0.25) is 0 Å². The highest BCUT2D eigenvalue weighted by atomic mass is 16.3. The maximum atomic E-state index is 8.96. The number of anilines is 1. The summed E-state index contributed by atoms with van der Waals surface area (Å²) in [6.45, 7) is 0.0962. The van der Waals surface area contributed by atoms with Crippen LogP contribution in [0.1, 0.15) is 5.56 Å². The van der Waals surface area contributed by atoms with E-state index >= 15 is 0 Å². The van der Waals surface area contributed by atoms with E-state index < -0.39 is 0 Å². The molecule has 0 aliphatic carbocycles. The predicted octanol–water partition coefficient (Wildman–Crippen LogP) is 2.89. The molecule has 0 aliphatic heterocycles. The molecule has 0 saturated carbocycles. The van der Waals surface area contributed by atoms with Crippen LogP contribution < -0.4 is 5.32 Å². The third-order valence-electron chi connectivity index (χ3n) is 2.64. The lowest BCUT2D eigenvalue weighted by atomic mass is 10.0. The fourth-order valence-corrected chi connectivity index (χ4v) is 1.63. The van der Waals surface area contributed by atoms with Crippen LogP contribution in [0.2, 0.25) is 0 Å². The van der Waals surface area contributed by atoms with Gasteiger partial charge in [-0.1, -0.05) is 36.4 Å². The zero-order chi connectivity index (χ0) is 11.4. The molecule has 0 aromatic heterocycles. The topological polar surface area (TPSA) is 32.3 Å². The van der Waals surface area contributed by atoms with Crippen molar-refractivity contribution in [3.8, 4) is 11.1 Å². The Hall–Kier alpha value is -1.80. The van der Waals surface area contributed by atoms with Crippen molar-refractivity contribution in [1.29, 1.82) is 0 Å². The number of benzene rings is 2. The quantitative estimate of drug-likeness (QED) is 0.821. The number of rotatable bonds is 3. The first kappa shape index (κ1) is 10.7. The van der Waals surface area contributed by atoms with Gasteiger partial charge in [-0.05, 0) is 28.8 Å². The van der Waals surface area contributed by atoms with E-state index in [0.717, 1.165) is 11.3 Å². The summed E-state index contributed by atoms with van der Waals surface area (Å²) in [7, 11) is 1.91. The number of aliphatic hydroxyl groups excluding tert-OH is 1. The van der Waals surface area contributed by atoms with Gasteiger partial charge in [0.15, 0.2) is 0 Å². The van der Waals surface area contributed by atoms with Crippen LogP contribution in [-0.4, -0.2) is 12.2 Å². The van der Waals surface area contributed by atoms with Gasteiger partial charge in [-0.2, -0.15) is 0 Å². The second-order valence-electron chi connectivity index (χ2n) is 3.68. The molecule has 0 fully saturated rings. The Labute approximate surface area is 95.6 Å². The van der Waals surface area contributed by atoms with Gasteiger partial charge >= 0.3 is 0 Å². The van der Waals surface area contributed by atoms with Crippen LogP contribution in [-0.2, 0) is 6.61 Å². The van der Waals surface area contributed by atoms with E-state index in [-0.39, 0.29) is 6.61 Å². The lowest BCUT2D eigenvalue weighted by Gasteiger charge is -2.04. The van der Waals surface area contributed by atoms with Crippen molar-refractivity contribution in [1.82, 2.24) is 0 Å². The summed E-state index contributed by atoms with van der Waals surface area (Å²) in [6.07, 6.45) is 0. The SMILES string of the molecule is CNc1ccc(-c2ccc(CO)cc2)cc1. The Morgan fingerprint density at radius 1 is 0.875 bits per heavy atom. The third kappa shape index (κ3) is 2.23. The minimum atomic E-state index is 0.0962. The molecule has 2 nitrogen and oxygen atoms in total. The Morgan fingerprint density at radius 2 is 1.38 bits per heavy atom. The molecule has 2 rings (SSSR count). The molecular weight excluding hydrogens is 198 g/mol. The molecule has 16 heavy (non-hydrogen) atoms. The second kappa shape index (κ2) is 4.81. The maximum Gasteiger partial charge on any atom is 0.0681 e. The standard InChI is InChI=1S/C14H15NO/c1-15-14-8-6-13(7-9-14)12-4-2-11(10-16)3-5-12/h2-9,15-16H,10H2,1H3. The Balaban J connectivity index is 2.28. The second-order valence-corrected chi connectivity index (χ2v) is 3.68. The molecule has 0 amide bonds. The zero-order valence-electron chi connectivity index (χ0n) is 9.27. The molecule has 0 unspecified atom stereocenters. The summed E-state index contributed by atoms with van der Waals surface area (Å²) in [6, 6.07) is 16.2. The smallest absolute Gasteiger partial charge is 0.0681 e. The summed E-state index contributed by atoms with van der Waals surface area (Å²) < 4.78 is 0. The molecule has 0 radical (unpaired) electrons. The average molecular weight is 213 g/mol. The van der Waals surface area contributed by atoms with Gasteiger partial charge in [0.1, 0.15) is 0 Å². The molecule has 2 aromatic carbocycles. The van der Waals surface area contributed by atoms with Gasteiger partial charge in [-0.25, -0.2) is 0 Å². The van der Waals surface area contributed by atoms with E-state index in [0.29, 0.717) is 0 Å². The van der Waals surface area contributed by atoms with E-state index in [1.165, 1.54) is 11.1 Å². The normalized spacial score (nSPS) is 10.1. The maximum absolute atomic E-state index is 8.96. The molecule has 2 aromatic rings. The summed E-state index contributed by atoms with van der Waals surface area (Å²) in [5.74, 6) is 0. The number of hydrogen-bond donors (Lipinski definition) is 2. The lowest BCUT2D eigenvalue weighted by molar-refractivity contribution is 0.282. The van der Waals surface area contributed by atoms with Crippen LogP contribution in [0.5, 0.6) is 0 Å². The van der Waals surface area contributed by atoms with Gasteiger partial charge in [-0.15, -0.1) is 0 Å². The largest absolute Gasteiger partial charge is 0.392 e. The van der Waals surface area contributed by atoms with E-state index in [9.17, 15) is 0 Å². The van der Waals surface area contributed by atoms with Crippen LogP contribution in [0.3, 0.4) is 0 Å². The monoisotopic (exact) mass is 213 g/mol. The van der Waals surface area contributed by atoms with Crippen LogP contribution in [0.25, 0.3) is 11.1 Å². The fraction of sp³-hybridized carbons (Fsp3) is 0.143. The molecule has 0 saturated heterocycles. The summed E-state index contributed by atoms with van der Waals surface area (Å²) in [4.78, 5) is 0. The van der Waals surface area contributed by atoms with Gasteiger partial charge in [0.2, 0.25) is 0 Å². The van der Waals surface area contributed by atoms with Gasteiger partial charge in [0.05, 0.1) is 6.61 Å². The van der Waals surface area contributed by atoms with Crippen molar-refractivity contribution < 1.29 is 5.11 Å². The molecule has 0 heterocycles. The molecule has 0 atom stereocenters. The van der Waals surface area contributed by atoms with Crippen molar-refractivity contribution in [3.63, 3.8) is 0 Å². The first-order valence-electron chi connectivity index (χ1n) is 5.31. The molecule has 82 valence electrons. The van der Waals surface area contributed by atoms with Gasteiger partial charge in [0, 0.05) is 12.7 Å². The third-order valence-corrected chi connectivity index (χ3v) is 2.64. The molecule has 2 heteroatoms. The summed E-state index contributed by atoms with van der Waals surface area (Å²) in [5.41, 5.74) is 4.40. The first-order valence-corrected chi connectivity index (χ1v) is 5.31. The Kier molecular flexibility index (Phi) is 3.22. The fourth-order valence-electron chi connectivity index (χ4n) is 1.63. The zero-order valence-corrected chi connectivity index (χ0v) is 9.27. The molecule has 2 N–H and O–H groups in total. The highest BCUT2D eigenvalue weighted by molar-refractivity contribution is 5.66. The average Bonchev–Trinajstić information content (AvgIpc) is 2.39. The van der Waals surface area contributed by atoms with Gasteiger partial charge in [0.25, 0.3) is 0 Å². The minimum Gasteiger partial charge on any atom is -0.392 e. The number of aliphatic hydroxyl groups is 1. The molecular formula is C14H15NO. The van der Waals surface area contributed by atoms with Crippen LogP contribution >= 0.6 is 0 Å². The highest BCUT2D eigenvalue weighted by Gasteiger charge is 1.97. The van der Waals surface area contributed by atoms with Crippen LogP contribution in [0.4, 0.5) is 5.69 Å². The number of nitrogens with one attached hydrogen (secondary N) is 1. The van der Waals surface area contributed by atoms with E-state index in [1.807, 2.05) is 31.3 Å². The van der Waals surface area contributed by atoms with E-state index in [1.54, 1.807) is 0 Å². The molecule has 0 spiro atoms. The molecule has 0 aliphatic rings. The Morgan fingerprint density at radius 3 is 1.81 bits per heavy atom. The molecule has 0 bridgehead atoms. The van der Waals surface area contributed by atoms with Crippen molar-refractivity contribution in [2.75, 3.05) is 12.4 Å².